The standard InChI is InChI=1S/C20H12ClF3N4O3/c21-13-2-1-3-14-16(13)19(18(30)26-14)8-15(29)27-17-12(19)9-25-28(17)10-4-6-11(7-5-10)31-20(22,23)24/h1-7,9H,8H2,(H,26,30)(H,27,29). The molecule has 3 heterocycles. The van der Waals surface area contributed by atoms with Crippen molar-refractivity contribution in [3.63, 3.8) is 0 Å². The number of aromatic nitrogens is 2. The van der Waals surface area contributed by atoms with Gasteiger partial charge in [0.15, 0.2) is 0 Å². The van der Waals surface area contributed by atoms with Gasteiger partial charge in [0.2, 0.25) is 11.8 Å². The van der Waals surface area contributed by atoms with E-state index < -0.39 is 29.3 Å². The van der Waals surface area contributed by atoms with Gasteiger partial charge in [0.05, 0.1) is 11.9 Å². The highest BCUT2D eigenvalue weighted by molar-refractivity contribution is 6.33. The van der Waals surface area contributed by atoms with Gasteiger partial charge in [-0.1, -0.05) is 17.7 Å². The van der Waals surface area contributed by atoms with E-state index in [2.05, 4.69) is 20.5 Å². The van der Waals surface area contributed by atoms with Crippen LogP contribution in [-0.2, 0) is 15.0 Å². The minimum atomic E-state index is -4.81. The highest BCUT2D eigenvalue weighted by atomic mass is 35.5. The lowest BCUT2D eigenvalue weighted by Crippen LogP contribution is -2.43. The molecule has 0 saturated heterocycles. The number of benzene rings is 2. The number of fused-ring (bicyclic) bond motifs is 4. The van der Waals surface area contributed by atoms with Crippen molar-refractivity contribution in [2.75, 3.05) is 10.6 Å². The minimum Gasteiger partial charge on any atom is -0.406 e. The van der Waals surface area contributed by atoms with Gasteiger partial charge in [0.25, 0.3) is 0 Å². The average Bonchev–Trinajstić information content (AvgIpc) is 3.22. The Bertz CT molecular complexity index is 1240. The van der Waals surface area contributed by atoms with Crippen molar-refractivity contribution in [3.8, 4) is 11.4 Å². The maximum Gasteiger partial charge on any atom is 0.573 e. The Labute approximate surface area is 177 Å². The number of nitrogens with zero attached hydrogens (tertiary/aromatic N) is 2. The average molecular weight is 449 g/mol. The zero-order valence-electron chi connectivity index (χ0n) is 15.5. The Kier molecular flexibility index (Phi) is 4.06. The number of alkyl halides is 3. The fourth-order valence-electron chi connectivity index (χ4n) is 4.11. The number of hydrogen-bond acceptors (Lipinski definition) is 4. The third kappa shape index (κ3) is 2.94. The third-order valence-corrected chi connectivity index (χ3v) is 5.62. The van der Waals surface area contributed by atoms with Crippen molar-refractivity contribution in [3.05, 3.63) is 64.8 Å². The number of carbonyl (C=O) groups is 2. The van der Waals surface area contributed by atoms with Crippen molar-refractivity contribution >= 4 is 34.9 Å². The normalized spacial score (nSPS) is 19.6. The molecule has 7 nitrogen and oxygen atoms in total. The molecule has 0 aliphatic carbocycles. The van der Waals surface area contributed by atoms with Crippen LogP contribution in [0, 0.1) is 0 Å². The van der Waals surface area contributed by atoms with E-state index in [0.29, 0.717) is 27.5 Å². The lowest BCUT2D eigenvalue weighted by molar-refractivity contribution is -0.274. The summed E-state index contributed by atoms with van der Waals surface area (Å²) in [5, 5.41) is 10.1. The monoisotopic (exact) mass is 448 g/mol. The number of amides is 2. The Morgan fingerprint density at radius 2 is 1.84 bits per heavy atom. The van der Waals surface area contributed by atoms with Gasteiger partial charge in [-0.2, -0.15) is 5.10 Å². The SMILES string of the molecule is O=C1CC2(C(=O)Nc3cccc(Cl)c32)c2cnn(-c3ccc(OC(F)(F)F)cc3)c2N1. The molecule has 1 aromatic heterocycles. The van der Waals surface area contributed by atoms with E-state index in [1.807, 2.05) is 0 Å². The highest BCUT2D eigenvalue weighted by Crippen LogP contribution is 2.52. The van der Waals surface area contributed by atoms with Crippen LogP contribution in [-0.4, -0.2) is 28.0 Å². The summed E-state index contributed by atoms with van der Waals surface area (Å²) >= 11 is 6.41. The van der Waals surface area contributed by atoms with Crippen LogP contribution in [0.5, 0.6) is 5.75 Å². The summed E-state index contributed by atoms with van der Waals surface area (Å²) in [6, 6.07) is 10.0. The Morgan fingerprint density at radius 1 is 1.10 bits per heavy atom. The molecule has 2 amide bonds. The van der Waals surface area contributed by atoms with Gasteiger partial charge in [-0.3, -0.25) is 9.59 Å². The molecule has 2 aliphatic rings. The van der Waals surface area contributed by atoms with E-state index in [1.54, 1.807) is 18.2 Å². The van der Waals surface area contributed by atoms with Gasteiger partial charge in [-0.15, -0.1) is 13.2 Å². The summed E-state index contributed by atoms with van der Waals surface area (Å²) in [6.07, 6.45) is -3.52. The van der Waals surface area contributed by atoms with E-state index in [1.165, 1.54) is 23.0 Å². The lowest BCUT2D eigenvalue weighted by Gasteiger charge is -2.32. The predicted molar refractivity (Wildman–Crippen MR) is 104 cm³/mol. The van der Waals surface area contributed by atoms with E-state index in [9.17, 15) is 22.8 Å². The summed E-state index contributed by atoms with van der Waals surface area (Å²) < 4.78 is 42.4. The number of rotatable bonds is 2. The zero-order valence-corrected chi connectivity index (χ0v) is 16.2. The minimum absolute atomic E-state index is 0.160. The van der Waals surface area contributed by atoms with Gasteiger partial charge >= 0.3 is 6.36 Å². The van der Waals surface area contributed by atoms with Crippen LogP contribution >= 0.6 is 11.6 Å². The molecule has 2 N–H and O–H groups in total. The van der Waals surface area contributed by atoms with Gasteiger partial charge in [0, 0.05) is 28.3 Å². The lowest BCUT2D eigenvalue weighted by atomic mass is 9.72. The second kappa shape index (κ2) is 6.48. The first-order valence-electron chi connectivity index (χ1n) is 9.04. The molecule has 1 atom stereocenters. The molecule has 11 heteroatoms. The fourth-order valence-corrected chi connectivity index (χ4v) is 4.44. The maximum absolute atomic E-state index is 13.1. The smallest absolute Gasteiger partial charge is 0.406 e. The van der Waals surface area contributed by atoms with E-state index in [0.717, 1.165) is 12.1 Å². The molecule has 2 aromatic carbocycles. The van der Waals surface area contributed by atoms with Gasteiger partial charge in [-0.05, 0) is 36.4 Å². The number of anilines is 2. The molecule has 0 bridgehead atoms. The summed E-state index contributed by atoms with van der Waals surface area (Å²) in [7, 11) is 0. The van der Waals surface area contributed by atoms with Crippen LogP contribution in [0.25, 0.3) is 5.69 Å². The van der Waals surface area contributed by atoms with Crippen molar-refractivity contribution in [2.45, 2.75) is 18.2 Å². The van der Waals surface area contributed by atoms with Crippen LogP contribution < -0.4 is 15.4 Å². The molecule has 31 heavy (non-hydrogen) atoms. The summed E-state index contributed by atoms with van der Waals surface area (Å²) in [5.41, 5.74) is 0.451. The van der Waals surface area contributed by atoms with Crippen molar-refractivity contribution in [1.82, 2.24) is 9.78 Å². The van der Waals surface area contributed by atoms with Crippen LogP contribution in [0.1, 0.15) is 17.5 Å². The number of ether oxygens (including phenoxy) is 1. The fraction of sp³-hybridized carbons (Fsp3) is 0.150. The topological polar surface area (TPSA) is 85.2 Å². The van der Waals surface area contributed by atoms with Crippen molar-refractivity contribution in [2.24, 2.45) is 0 Å². The zero-order chi connectivity index (χ0) is 22.0. The molecular weight excluding hydrogens is 437 g/mol. The van der Waals surface area contributed by atoms with E-state index >= 15 is 0 Å². The first-order chi connectivity index (χ1) is 14.7. The van der Waals surface area contributed by atoms with Crippen molar-refractivity contribution < 1.29 is 27.5 Å². The first kappa shape index (κ1) is 19.4. The molecule has 0 saturated carbocycles. The molecular formula is C20H12ClF3N4O3. The molecule has 1 spiro atoms. The Hall–Kier alpha value is -3.53. The molecule has 0 radical (unpaired) electrons. The molecule has 158 valence electrons. The molecule has 3 aromatic rings. The van der Waals surface area contributed by atoms with Crippen LogP contribution in [0.3, 0.4) is 0 Å². The summed E-state index contributed by atoms with van der Waals surface area (Å²) in [6.45, 7) is 0. The maximum atomic E-state index is 13.1. The van der Waals surface area contributed by atoms with E-state index in [-0.39, 0.29) is 12.2 Å². The largest absolute Gasteiger partial charge is 0.573 e. The van der Waals surface area contributed by atoms with Crippen LogP contribution in [0.15, 0.2) is 48.7 Å². The number of hydrogen-bond donors (Lipinski definition) is 2. The number of nitrogens with one attached hydrogen (secondary N) is 2. The van der Waals surface area contributed by atoms with Crippen LogP contribution in [0.2, 0.25) is 5.02 Å². The van der Waals surface area contributed by atoms with Gasteiger partial charge in [0.1, 0.15) is 17.0 Å². The third-order valence-electron chi connectivity index (χ3n) is 5.30. The number of carbonyl (C=O) groups excluding carboxylic acids is 2. The van der Waals surface area contributed by atoms with Crippen LogP contribution in [0.4, 0.5) is 24.7 Å². The Balaban J connectivity index is 1.63. The first-order valence-corrected chi connectivity index (χ1v) is 9.42. The summed E-state index contributed by atoms with van der Waals surface area (Å²) in [5.74, 6) is -0.980. The van der Waals surface area contributed by atoms with Crippen molar-refractivity contribution in [1.29, 1.82) is 0 Å². The van der Waals surface area contributed by atoms with Gasteiger partial charge in [-0.25, -0.2) is 4.68 Å². The molecule has 1 unspecified atom stereocenters. The molecule has 0 fully saturated rings. The second-order valence-corrected chi connectivity index (χ2v) is 7.51. The molecule has 2 aliphatic heterocycles. The number of halogens is 4. The van der Waals surface area contributed by atoms with E-state index in [4.69, 9.17) is 11.6 Å². The highest BCUT2D eigenvalue weighted by Gasteiger charge is 2.55. The summed E-state index contributed by atoms with van der Waals surface area (Å²) in [4.78, 5) is 25.7. The molecule has 5 rings (SSSR count). The predicted octanol–water partition coefficient (Wildman–Crippen LogP) is 4.00. The second-order valence-electron chi connectivity index (χ2n) is 7.11. The quantitative estimate of drug-likeness (QED) is 0.620. The Morgan fingerprint density at radius 3 is 2.55 bits per heavy atom. The van der Waals surface area contributed by atoms with Gasteiger partial charge < -0.3 is 15.4 Å².